The lowest BCUT2D eigenvalue weighted by molar-refractivity contribution is -0.105. The van der Waals surface area contributed by atoms with Crippen LogP contribution in [-0.4, -0.2) is 22.9 Å². The molecule has 1 fully saturated rings. The van der Waals surface area contributed by atoms with E-state index in [0.717, 1.165) is 19.3 Å². The van der Waals surface area contributed by atoms with Crippen molar-refractivity contribution in [1.82, 2.24) is 9.97 Å². The molecule has 1 unspecified atom stereocenters. The summed E-state index contributed by atoms with van der Waals surface area (Å²) in [6, 6.07) is 2.40. The quantitative estimate of drug-likeness (QED) is 0.900. The summed E-state index contributed by atoms with van der Waals surface area (Å²) >= 11 is 0. The smallest absolute Gasteiger partial charge is 0.262 e. The molecule has 0 radical (unpaired) electrons. The van der Waals surface area contributed by atoms with Crippen LogP contribution in [0.5, 0.6) is 5.75 Å². The number of hydrogen-bond acceptors (Lipinski definition) is 4. The van der Waals surface area contributed by atoms with Crippen molar-refractivity contribution in [3.63, 3.8) is 0 Å². The standard InChI is InChI=1S/C13H13FN2O3/c14-8-5-9-12(13(17)16-7-15-9)10(6-8)19-11-3-1-2-4-18-11/h5-7,11H,1-4H2,(H,15,16,17). The lowest BCUT2D eigenvalue weighted by atomic mass is 10.2. The van der Waals surface area contributed by atoms with E-state index in [1.54, 1.807) is 0 Å². The maximum Gasteiger partial charge on any atom is 0.262 e. The van der Waals surface area contributed by atoms with Gasteiger partial charge in [-0.3, -0.25) is 4.79 Å². The van der Waals surface area contributed by atoms with Crippen LogP contribution < -0.4 is 10.3 Å². The highest BCUT2D eigenvalue weighted by Gasteiger charge is 2.18. The second-order valence-electron chi connectivity index (χ2n) is 4.44. The molecule has 6 heteroatoms. The minimum absolute atomic E-state index is 0.177. The molecule has 2 heterocycles. The Labute approximate surface area is 108 Å². The van der Waals surface area contributed by atoms with E-state index in [2.05, 4.69) is 9.97 Å². The van der Waals surface area contributed by atoms with Crippen LogP contribution in [0.1, 0.15) is 19.3 Å². The minimum atomic E-state index is -0.489. The van der Waals surface area contributed by atoms with Crippen LogP contribution in [0.25, 0.3) is 10.9 Å². The van der Waals surface area contributed by atoms with Crippen LogP contribution in [0.15, 0.2) is 23.3 Å². The first-order valence-corrected chi connectivity index (χ1v) is 6.19. The number of H-pyrrole nitrogens is 1. The molecule has 0 aliphatic carbocycles. The van der Waals surface area contributed by atoms with E-state index in [1.165, 1.54) is 18.5 Å². The van der Waals surface area contributed by atoms with E-state index in [1.807, 2.05) is 0 Å². The van der Waals surface area contributed by atoms with Gasteiger partial charge >= 0.3 is 0 Å². The number of halogens is 1. The Morgan fingerprint density at radius 2 is 2.32 bits per heavy atom. The molecule has 1 saturated heterocycles. The molecule has 1 atom stereocenters. The van der Waals surface area contributed by atoms with Crippen LogP contribution in [0.2, 0.25) is 0 Å². The molecular formula is C13H13FN2O3. The van der Waals surface area contributed by atoms with Crippen LogP contribution in [0.4, 0.5) is 4.39 Å². The summed E-state index contributed by atoms with van der Waals surface area (Å²) in [6.45, 7) is 0.618. The maximum absolute atomic E-state index is 13.5. The van der Waals surface area contributed by atoms with Gasteiger partial charge in [0.15, 0.2) is 6.29 Å². The summed E-state index contributed by atoms with van der Waals surface area (Å²) in [5.74, 6) is -0.312. The number of nitrogens with zero attached hydrogens (tertiary/aromatic N) is 1. The molecular weight excluding hydrogens is 251 g/mol. The van der Waals surface area contributed by atoms with Gasteiger partial charge in [-0.15, -0.1) is 0 Å². The fraction of sp³-hybridized carbons (Fsp3) is 0.385. The van der Waals surface area contributed by atoms with Crippen LogP contribution >= 0.6 is 0 Å². The Balaban J connectivity index is 2.03. The van der Waals surface area contributed by atoms with Gasteiger partial charge in [-0.2, -0.15) is 0 Å². The van der Waals surface area contributed by atoms with Crippen molar-refractivity contribution in [2.45, 2.75) is 25.6 Å². The number of fused-ring (bicyclic) bond motifs is 1. The Kier molecular flexibility index (Phi) is 3.16. The average Bonchev–Trinajstić information content (AvgIpc) is 2.39. The van der Waals surface area contributed by atoms with Crippen molar-refractivity contribution in [1.29, 1.82) is 0 Å². The zero-order chi connectivity index (χ0) is 13.2. The third-order valence-electron chi connectivity index (χ3n) is 3.07. The van der Waals surface area contributed by atoms with Gasteiger partial charge in [0.05, 0.1) is 18.5 Å². The number of nitrogens with one attached hydrogen (secondary N) is 1. The van der Waals surface area contributed by atoms with Gasteiger partial charge < -0.3 is 14.5 Å². The fourth-order valence-electron chi connectivity index (χ4n) is 2.17. The average molecular weight is 264 g/mol. The molecule has 5 nitrogen and oxygen atoms in total. The monoisotopic (exact) mass is 264 g/mol. The lowest BCUT2D eigenvalue weighted by Gasteiger charge is -2.23. The highest BCUT2D eigenvalue weighted by Crippen LogP contribution is 2.26. The summed E-state index contributed by atoms with van der Waals surface area (Å²) in [6.07, 6.45) is 3.53. The van der Waals surface area contributed by atoms with Gasteiger partial charge in [0.2, 0.25) is 0 Å². The molecule has 3 rings (SSSR count). The van der Waals surface area contributed by atoms with Crippen molar-refractivity contribution < 1.29 is 13.9 Å². The normalized spacial score (nSPS) is 19.5. The van der Waals surface area contributed by atoms with Gasteiger partial charge in [0, 0.05) is 18.6 Å². The minimum Gasteiger partial charge on any atom is -0.464 e. The number of benzene rings is 1. The third kappa shape index (κ3) is 2.44. The van der Waals surface area contributed by atoms with Gasteiger partial charge in [-0.25, -0.2) is 9.37 Å². The Hall–Kier alpha value is -1.95. The third-order valence-corrected chi connectivity index (χ3v) is 3.07. The van der Waals surface area contributed by atoms with E-state index in [4.69, 9.17) is 9.47 Å². The molecule has 1 aliphatic rings. The zero-order valence-electron chi connectivity index (χ0n) is 10.2. The predicted octanol–water partition coefficient (Wildman–Crippen LogP) is 1.97. The van der Waals surface area contributed by atoms with E-state index in [-0.39, 0.29) is 22.2 Å². The number of aromatic nitrogens is 2. The first-order chi connectivity index (χ1) is 9.24. The molecule has 1 aromatic carbocycles. The first-order valence-electron chi connectivity index (χ1n) is 6.19. The molecule has 0 amide bonds. The molecule has 1 aromatic heterocycles. The molecule has 0 bridgehead atoms. The molecule has 0 spiro atoms. The number of ether oxygens (including phenoxy) is 2. The van der Waals surface area contributed by atoms with Crippen molar-refractivity contribution in [2.24, 2.45) is 0 Å². The second kappa shape index (κ2) is 4.97. The van der Waals surface area contributed by atoms with Gasteiger partial charge in [-0.05, 0) is 12.8 Å². The fourth-order valence-corrected chi connectivity index (χ4v) is 2.17. The first kappa shape index (κ1) is 12.1. The SMILES string of the molecule is O=c1[nH]cnc2cc(F)cc(OC3CCCCO3)c12. The van der Waals surface area contributed by atoms with Crippen LogP contribution in [0, 0.1) is 5.82 Å². The molecule has 1 aliphatic heterocycles. The zero-order valence-corrected chi connectivity index (χ0v) is 10.2. The van der Waals surface area contributed by atoms with Crippen LogP contribution in [0.3, 0.4) is 0 Å². The largest absolute Gasteiger partial charge is 0.464 e. The molecule has 1 N–H and O–H groups in total. The highest BCUT2D eigenvalue weighted by molar-refractivity contribution is 5.84. The molecule has 19 heavy (non-hydrogen) atoms. The summed E-state index contributed by atoms with van der Waals surface area (Å²) in [4.78, 5) is 18.2. The number of rotatable bonds is 2. The maximum atomic E-state index is 13.5. The second-order valence-corrected chi connectivity index (χ2v) is 4.44. The van der Waals surface area contributed by atoms with E-state index < -0.39 is 12.1 Å². The van der Waals surface area contributed by atoms with Gasteiger partial charge in [0.25, 0.3) is 5.56 Å². The topological polar surface area (TPSA) is 64.2 Å². The predicted molar refractivity (Wildman–Crippen MR) is 66.5 cm³/mol. The van der Waals surface area contributed by atoms with Gasteiger partial charge in [-0.1, -0.05) is 0 Å². The summed E-state index contributed by atoms with van der Waals surface area (Å²) in [7, 11) is 0. The van der Waals surface area contributed by atoms with E-state index in [0.29, 0.717) is 6.61 Å². The summed E-state index contributed by atoms with van der Waals surface area (Å²) < 4.78 is 24.6. The number of hydrogen-bond donors (Lipinski definition) is 1. The number of aromatic amines is 1. The van der Waals surface area contributed by atoms with Gasteiger partial charge in [0.1, 0.15) is 17.0 Å². The van der Waals surface area contributed by atoms with Crippen LogP contribution in [-0.2, 0) is 4.74 Å². The summed E-state index contributed by atoms with van der Waals surface area (Å²) in [5.41, 5.74) is -0.0784. The van der Waals surface area contributed by atoms with E-state index >= 15 is 0 Å². The van der Waals surface area contributed by atoms with Crippen molar-refractivity contribution in [2.75, 3.05) is 6.61 Å². The molecule has 2 aromatic rings. The Morgan fingerprint density at radius 1 is 1.42 bits per heavy atom. The van der Waals surface area contributed by atoms with Crippen molar-refractivity contribution >= 4 is 10.9 Å². The molecule has 100 valence electrons. The highest BCUT2D eigenvalue weighted by atomic mass is 19.1. The Bertz CT molecular complexity index is 650. The Morgan fingerprint density at radius 3 is 3.11 bits per heavy atom. The summed E-state index contributed by atoms with van der Waals surface area (Å²) in [5, 5.41) is 0.248. The van der Waals surface area contributed by atoms with Crippen molar-refractivity contribution in [3.05, 3.63) is 34.6 Å². The van der Waals surface area contributed by atoms with E-state index in [9.17, 15) is 9.18 Å². The molecule has 0 saturated carbocycles. The van der Waals surface area contributed by atoms with Crippen molar-refractivity contribution in [3.8, 4) is 5.75 Å². The lowest BCUT2D eigenvalue weighted by Crippen LogP contribution is -2.25.